The number of aromatic nitrogens is 5. The summed E-state index contributed by atoms with van der Waals surface area (Å²) in [5, 5.41) is 14.4. The summed E-state index contributed by atoms with van der Waals surface area (Å²) in [4.78, 5) is 8.79. The predicted molar refractivity (Wildman–Crippen MR) is 74.1 cm³/mol. The summed E-state index contributed by atoms with van der Waals surface area (Å²) in [6.07, 6.45) is 1.69. The van der Waals surface area contributed by atoms with E-state index in [2.05, 4.69) is 30.8 Å². The molecule has 7 nitrogen and oxygen atoms in total. The van der Waals surface area contributed by atoms with Crippen LogP contribution in [0.15, 0.2) is 6.33 Å². The highest BCUT2D eigenvalue weighted by atomic mass is 15.3. The Bertz CT molecular complexity index is 575. The molecule has 0 saturated heterocycles. The monoisotopic (exact) mass is 261 g/mol. The van der Waals surface area contributed by atoms with Crippen molar-refractivity contribution in [3.05, 3.63) is 23.5 Å². The minimum atomic E-state index is 0.0187. The van der Waals surface area contributed by atoms with Crippen LogP contribution in [0.25, 0.3) is 0 Å². The molecule has 102 valence electrons. The largest absolute Gasteiger partial charge is 0.373 e. The van der Waals surface area contributed by atoms with Crippen LogP contribution in [0.3, 0.4) is 0 Å². The summed E-state index contributed by atoms with van der Waals surface area (Å²) in [6, 6.07) is 0.0187. The van der Waals surface area contributed by atoms with Gasteiger partial charge in [0.15, 0.2) is 5.82 Å². The molecular formula is C12H19N7. The van der Waals surface area contributed by atoms with E-state index >= 15 is 0 Å². The second-order valence-electron chi connectivity index (χ2n) is 4.51. The van der Waals surface area contributed by atoms with Crippen molar-refractivity contribution in [2.24, 2.45) is 7.05 Å². The van der Waals surface area contributed by atoms with Crippen molar-refractivity contribution in [3.63, 3.8) is 0 Å². The highest BCUT2D eigenvalue weighted by Gasteiger charge is 2.15. The van der Waals surface area contributed by atoms with Crippen molar-refractivity contribution in [1.82, 2.24) is 24.7 Å². The third-order valence-electron chi connectivity index (χ3n) is 2.98. The fourth-order valence-corrected chi connectivity index (χ4v) is 1.97. The summed E-state index contributed by atoms with van der Waals surface area (Å²) in [5.41, 5.74) is 0.988. The van der Waals surface area contributed by atoms with Crippen LogP contribution in [0.4, 0.5) is 11.6 Å². The number of rotatable bonds is 4. The first-order valence-corrected chi connectivity index (χ1v) is 6.16. The van der Waals surface area contributed by atoms with Crippen LogP contribution >= 0.6 is 0 Å². The molecule has 0 amide bonds. The van der Waals surface area contributed by atoms with E-state index in [0.717, 1.165) is 28.8 Å². The van der Waals surface area contributed by atoms with Crippen molar-refractivity contribution >= 4 is 11.6 Å². The molecule has 1 unspecified atom stereocenters. The van der Waals surface area contributed by atoms with E-state index in [4.69, 9.17) is 0 Å². The quantitative estimate of drug-likeness (QED) is 0.866. The van der Waals surface area contributed by atoms with E-state index < -0.39 is 0 Å². The van der Waals surface area contributed by atoms with Gasteiger partial charge in [-0.2, -0.15) is 0 Å². The van der Waals surface area contributed by atoms with Crippen molar-refractivity contribution in [1.29, 1.82) is 0 Å². The predicted octanol–water partition coefficient (Wildman–Crippen LogP) is 1.44. The minimum absolute atomic E-state index is 0.0187. The van der Waals surface area contributed by atoms with E-state index in [-0.39, 0.29) is 6.04 Å². The van der Waals surface area contributed by atoms with Crippen LogP contribution in [-0.4, -0.2) is 31.8 Å². The van der Waals surface area contributed by atoms with E-state index in [1.807, 2.05) is 39.4 Å². The van der Waals surface area contributed by atoms with Crippen LogP contribution in [-0.2, 0) is 7.05 Å². The topological polar surface area (TPSA) is 80.6 Å². The molecule has 0 aromatic carbocycles. The van der Waals surface area contributed by atoms with Gasteiger partial charge in [-0.1, -0.05) is 0 Å². The molecule has 2 aromatic heterocycles. The Hall–Kier alpha value is -2.18. The van der Waals surface area contributed by atoms with E-state index in [1.165, 1.54) is 0 Å². The van der Waals surface area contributed by atoms with Crippen LogP contribution in [0.5, 0.6) is 0 Å². The average molecular weight is 261 g/mol. The van der Waals surface area contributed by atoms with Gasteiger partial charge in [0, 0.05) is 19.7 Å². The lowest BCUT2D eigenvalue weighted by atomic mass is 10.2. The lowest BCUT2D eigenvalue weighted by Crippen LogP contribution is -2.15. The zero-order valence-corrected chi connectivity index (χ0v) is 11.9. The van der Waals surface area contributed by atoms with Gasteiger partial charge in [0.25, 0.3) is 0 Å². The molecule has 0 spiro atoms. The van der Waals surface area contributed by atoms with Crippen LogP contribution in [0.1, 0.15) is 30.2 Å². The second kappa shape index (κ2) is 5.21. The Labute approximate surface area is 112 Å². The summed E-state index contributed by atoms with van der Waals surface area (Å²) in [7, 11) is 3.77. The van der Waals surface area contributed by atoms with Gasteiger partial charge >= 0.3 is 0 Å². The molecular weight excluding hydrogens is 242 g/mol. The zero-order valence-electron chi connectivity index (χ0n) is 11.9. The Morgan fingerprint density at radius 3 is 2.47 bits per heavy atom. The number of anilines is 2. The SMILES string of the molecule is CNc1nc(C)nc(NC(C)c2nncn2C)c1C. The van der Waals surface area contributed by atoms with Crippen LogP contribution < -0.4 is 10.6 Å². The minimum Gasteiger partial charge on any atom is -0.373 e. The Kier molecular flexibility index (Phi) is 3.64. The first-order chi connectivity index (χ1) is 9.02. The lowest BCUT2D eigenvalue weighted by Gasteiger charge is -2.17. The summed E-state index contributed by atoms with van der Waals surface area (Å²) in [6.45, 7) is 5.88. The smallest absolute Gasteiger partial charge is 0.154 e. The molecule has 2 aromatic rings. The van der Waals surface area contributed by atoms with Gasteiger partial charge in [0.1, 0.15) is 23.8 Å². The van der Waals surface area contributed by atoms with Crippen molar-refractivity contribution in [2.45, 2.75) is 26.8 Å². The first kappa shape index (κ1) is 13.3. The van der Waals surface area contributed by atoms with E-state index in [1.54, 1.807) is 6.33 Å². The molecule has 1 atom stereocenters. The van der Waals surface area contributed by atoms with Crippen molar-refractivity contribution in [3.8, 4) is 0 Å². The van der Waals surface area contributed by atoms with E-state index in [9.17, 15) is 0 Å². The maximum absolute atomic E-state index is 4.44. The fourth-order valence-electron chi connectivity index (χ4n) is 1.97. The molecule has 0 aliphatic carbocycles. The fraction of sp³-hybridized carbons (Fsp3) is 0.500. The molecule has 0 fully saturated rings. The summed E-state index contributed by atoms with van der Waals surface area (Å²) in [5.74, 6) is 3.23. The number of aryl methyl sites for hydroxylation is 2. The number of hydrogen-bond donors (Lipinski definition) is 2. The first-order valence-electron chi connectivity index (χ1n) is 6.16. The van der Waals surface area contributed by atoms with Crippen LogP contribution in [0, 0.1) is 13.8 Å². The van der Waals surface area contributed by atoms with Crippen molar-refractivity contribution < 1.29 is 0 Å². The second-order valence-corrected chi connectivity index (χ2v) is 4.51. The van der Waals surface area contributed by atoms with Gasteiger partial charge in [-0.3, -0.25) is 0 Å². The van der Waals surface area contributed by atoms with Crippen molar-refractivity contribution in [2.75, 3.05) is 17.7 Å². The highest BCUT2D eigenvalue weighted by Crippen LogP contribution is 2.23. The maximum Gasteiger partial charge on any atom is 0.154 e. The highest BCUT2D eigenvalue weighted by molar-refractivity contribution is 5.57. The Morgan fingerprint density at radius 2 is 1.89 bits per heavy atom. The third-order valence-corrected chi connectivity index (χ3v) is 2.98. The summed E-state index contributed by atoms with van der Waals surface area (Å²) >= 11 is 0. The molecule has 0 aliphatic rings. The molecule has 0 saturated carbocycles. The standard InChI is InChI=1S/C12H19N7/c1-7-10(13-4)16-9(3)17-11(7)15-8(2)12-18-14-6-19(12)5/h6,8H,1-5H3,(H2,13,15,16,17). The molecule has 0 radical (unpaired) electrons. The lowest BCUT2D eigenvalue weighted by molar-refractivity contribution is 0.714. The average Bonchev–Trinajstić information content (AvgIpc) is 2.79. The Balaban J connectivity index is 2.29. The molecule has 7 heteroatoms. The molecule has 0 aliphatic heterocycles. The number of hydrogen-bond acceptors (Lipinski definition) is 6. The molecule has 2 N–H and O–H groups in total. The van der Waals surface area contributed by atoms with Crippen LogP contribution in [0.2, 0.25) is 0 Å². The molecule has 0 bridgehead atoms. The van der Waals surface area contributed by atoms with E-state index in [0.29, 0.717) is 0 Å². The van der Waals surface area contributed by atoms with Gasteiger partial charge in [-0.25, -0.2) is 9.97 Å². The van der Waals surface area contributed by atoms with Gasteiger partial charge in [-0.05, 0) is 20.8 Å². The van der Waals surface area contributed by atoms with Gasteiger partial charge in [0.05, 0.1) is 6.04 Å². The number of nitrogens with one attached hydrogen (secondary N) is 2. The van der Waals surface area contributed by atoms with Gasteiger partial charge < -0.3 is 15.2 Å². The molecule has 19 heavy (non-hydrogen) atoms. The molecule has 2 rings (SSSR count). The third kappa shape index (κ3) is 2.64. The maximum atomic E-state index is 4.44. The van der Waals surface area contributed by atoms with Gasteiger partial charge in [0.2, 0.25) is 0 Å². The Morgan fingerprint density at radius 1 is 1.21 bits per heavy atom. The normalized spacial score (nSPS) is 12.3. The van der Waals surface area contributed by atoms with Gasteiger partial charge in [-0.15, -0.1) is 10.2 Å². The molecule has 2 heterocycles. The zero-order chi connectivity index (χ0) is 14.0. The number of nitrogens with zero attached hydrogens (tertiary/aromatic N) is 5. The summed E-state index contributed by atoms with van der Waals surface area (Å²) < 4.78 is 1.89.